The molecule has 0 aliphatic carbocycles. The van der Waals surface area contributed by atoms with Crippen molar-refractivity contribution in [3.63, 3.8) is 0 Å². The monoisotopic (exact) mass is 332 g/mol. The summed E-state index contributed by atoms with van der Waals surface area (Å²) in [6, 6.07) is 0. The molecule has 0 bridgehead atoms. The topological polar surface area (TPSA) is 74.4 Å². The van der Waals surface area contributed by atoms with Crippen molar-refractivity contribution in [2.45, 2.75) is 26.0 Å². The normalized spacial score (nSPS) is 12.2. The number of carbonyl (C=O) groups is 1. The van der Waals surface area contributed by atoms with Gasteiger partial charge in [-0.1, -0.05) is 0 Å². The molecule has 0 amide bonds. The van der Waals surface area contributed by atoms with Gasteiger partial charge in [0, 0.05) is 12.7 Å². The molecule has 124 valence electrons. The lowest BCUT2D eigenvalue weighted by Crippen LogP contribution is -2.25. The summed E-state index contributed by atoms with van der Waals surface area (Å²) in [5, 5.41) is 0. The lowest BCUT2D eigenvalue weighted by molar-refractivity contribution is -0.276. The molecule has 11 heteroatoms. The predicted molar refractivity (Wildman–Crippen MR) is 59.8 cm³/mol. The Bertz CT molecular complexity index is 556. The van der Waals surface area contributed by atoms with Crippen LogP contribution in [0, 0.1) is 0 Å². The van der Waals surface area contributed by atoms with Crippen LogP contribution in [0.1, 0.15) is 28.5 Å². The van der Waals surface area contributed by atoms with Crippen LogP contribution < -0.4 is 10.5 Å². The highest BCUT2D eigenvalue weighted by Gasteiger charge is 2.44. The van der Waals surface area contributed by atoms with Gasteiger partial charge in [0.05, 0.1) is 17.9 Å². The Kier molecular flexibility index (Phi) is 5.22. The van der Waals surface area contributed by atoms with Gasteiger partial charge in [0.25, 0.3) is 0 Å². The summed E-state index contributed by atoms with van der Waals surface area (Å²) in [6.45, 7) is 0.293. The van der Waals surface area contributed by atoms with Crippen LogP contribution >= 0.6 is 0 Å². The lowest BCUT2D eigenvalue weighted by Gasteiger charge is -2.19. The molecule has 0 saturated heterocycles. The van der Waals surface area contributed by atoms with Gasteiger partial charge in [-0.3, -0.25) is 4.98 Å². The van der Waals surface area contributed by atoms with Crippen molar-refractivity contribution in [2.75, 3.05) is 6.61 Å². The fourth-order valence-corrected chi connectivity index (χ4v) is 1.55. The Labute approximate surface area is 120 Å². The first-order valence-corrected chi connectivity index (χ1v) is 5.73. The van der Waals surface area contributed by atoms with E-state index in [1.807, 2.05) is 0 Å². The van der Waals surface area contributed by atoms with Crippen molar-refractivity contribution >= 4 is 5.97 Å². The Balaban J connectivity index is 3.61. The highest BCUT2D eigenvalue weighted by atomic mass is 19.4. The molecule has 0 aliphatic rings. The smallest absolute Gasteiger partial charge is 0.462 e. The van der Waals surface area contributed by atoms with Crippen LogP contribution in [0.2, 0.25) is 0 Å². The number of hydrogen-bond donors (Lipinski definition) is 1. The van der Waals surface area contributed by atoms with E-state index in [2.05, 4.69) is 14.5 Å². The van der Waals surface area contributed by atoms with Crippen molar-refractivity contribution < 1.29 is 40.6 Å². The second kappa shape index (κ2) is 6.38. The van der Waals surface area contributed by atoms with Gasteiger partial charge < -0.3 is 15.2 Å². The molecule has 0 radical (unpaired) electrons. The van der Waals surface area contributed by atoms with Gasteiger partial charge in [0.1, 0.15) is 5.56 Å². The van der Waals surface area contributed by atoms with Crippen LogP contribution in [0.5, 0.6) is 5.75 Å². The Morgan fingerprint density at radius 1 is 1.27 bits per heavy atom. The van der Waals surface area contributed by atoms with Gasteiger partial charge in [0.2, 0.25) is 0 Å². The van der Waals surface area contributed by atoms with Crippen LogP contribution in [0.25, 0.3) is 0 Å². The average molecular weight is 332 g/mol. The molecule has 0 saturated carbocycles. The summed E-state index contributed by atoms with van der Waals surface area (Å²) in [6.07, 6.45) is -10.3. The predicted octanol–water partition coefficient (Wildman–Crippen LogP) is 2.63. The minimum Gasteiger partial charge on any atom is -0.462 e. The molecule has 1 aromatic heterocycles. The number of pyridine rings is 1. The zero-order valence-electron chi connectivity index (χ0n) is 11.0. The highest BCUT2D eigenvalue weighted by molar-refractivity contribution is 5.92. The highest BCUT2D eigenvalue weighted by Crippen LogP contribution is 2.42. The Morgan fingerprint density at radius 2 is 1.86 bits per heavy atom. The van der Waals surface area contributed by atoms with Gasteiger partial charge in [-0.25, -0.2) is 4.79 Å². The zero-order valence-corrected chi connectivity index (χ0v) is 11.0. The zero-order chi connectivity index (χ0) is 17.1. The van der Waals surface area contributed by atoms with E-state index in [9.17, 15) is 31.1 Å². The SMILES string of the molecule is CCOC(=O)c1cnc(CN)c(OC(F)(F)F)c1C(F)(F)F. The molecule has 0 aromatic carbocycles. The average Bonchev–Trinajstić information content (AvgIpc) is 2.35. The molecule has 2 N–H and O–H groups in total. The number of rotatable bonds is 4. The molecule has 0 aliphatic heterocycles. The number of carbonyl (C=O) groups excluding carboxylic acids is 1. The minimum absolute atomic E-state index is 0.274. The summed E-state index contributed by atoms with van der Waals surface area (Å²) in [5.74, 6) is -3.13. The maximum atomic E-state index is 13.1. The molecule has 0 unspecified atom stereocenters. The van der Waals surface area contributed by atoms with Crippen molar-refractivity contribution in [1.82, 2.24) is 4.98 Å². The summed E-state index contributed by atoms with van der Waals surface area (Å²) in [5.41, 5.74) is 1.16. The Hall–Kier alpha value is -2.04. The summed E-state index contributed by atoms with van der Waals surface area (Å²) in [4.78, 5) is 14.8. The van der Waals surface area contributed by atoms with Gasteiger partial charge >= 0.3 is 18.5 Å². The molecule has 0 fully saturated rings. The third-order valence-corrected chi connectivity index (χ3v) is 2.30. The van der Waals surface area contributed by atoms with E-state index in [0.29, 0.717) is 6.20 Å². The Morgan fingerprint density at radius 3 is 2.27 bits per heavy atom. The molecule has 0 atom stereocenters. The molecule has 1 heterocycles. The van der Waals surface area contributed by atoms with E-state index in [-0.39, 0.29) is 6.61 Å². The maximum Gasteiger partial charge on any atom is 0.573 e. The first kappa shape index (κ1) is 18.0. The van der Waals surface area contributed by atoms with Crippen LogP contribution in [-0.2, 0) is 17.5 Å². The number of hydrogen-bond acceptors (Lipinski definition) is 5. The van der Waals surface area contributed by atoms with E-state index >= 15 is 0 Å². The lowest BCUT2D eigenvalue weighted by atomic mass is 10.1. The number of esters is 1. The fourth-order valence-electron chi connectivity index (χ4n) is 1.55. The van der Waals surface area contributed by atoms with Gasteiger partial charge in [-0.2, -0.15) is 13.2 Å². The van der Waals surface area contributed by atoms with Crippen molar-refractivity contribution in [3.8, 4) is 5.75 Å². The van der Waals surface area contributed by atoms with Crippen LogP contribution in [-0.4, -0.2) is 23.9 Å². The van der Waals surface area contributed by atoms with Crippen molar-refractivity contribution in [3.05, 3.63) is 23.0 Å². The molecule has 22 heavy (non-hydrogen) atoms. The van der Waals surface area contributed by atoms with Crippen molar-refractivity contribution in [1.29, 1.82) is 0 Å². The summed E-state index contributed by atoms with van der Waals surface area (Å²) < 4.78 is 84.0. The molecule has 1 aromatic rings. The second-order valence-electron chi connectivity index (χ2n) is 3.79. The van der Waals surface area contributed by atoms with Gasteiger partial charge in [0.15, 0.2) is 5.75 Å². The van der Waals surface area contributed by atoms with E-state index in [0.717, 1.165) is 0 Å². The standard InChI is InChI=1S/C11H10F6N2O3/c1-2-21-9(20)5-4-19-6(3-18)8(22-11(15,16)17)7(5)10(12,13)14/h4H,2-3,18H2,1H3. The number of alkyl halides is 6. The van der Waals surface area contributed by atoms with E-state index in [1.165, 1.54) is 6.92 Å². The van der Waals surface area contributed by atoms with Gasteiger partial charge in [-0.05, 0) is 6.92 Å². The number of aromatic nitrogens is 1. The number of nitrogens with two attached hydrogens (primary N) is 1. The van der Waals surface area contributed by atoms with E-state index < -0.39 is 47.6 Å². The molecular weight excluding hydrogens is 322 g/mol. The first-order chi connectivity index (χ1) is 10.0. The van der Waals surface area contributed by atoms with E-state index in [1.54, 1.807) is 0 Å². The quantitative estimate of drug-likeness (QED) is 0.678. The third-order valence-electron chi connectivity index (χ3n) is 2.30. The second-order valence-corrected chi connectivity index (χ2v) is 3.79. The molecule has 0 spiro atoms. The summed E-state index contributed by atoms with van der Waals surface area (Å²) >= 11 is 0. The van der Waals surface area contributed by atoms with E-state index in [4.69, 9.17) is 5.73 Å². The summed E-state index contributed by atoms with van der Waals surface area (Å²) in [7, 11) is 0. The fraction of sp³-hybridized carbons (Fsp3) is 0.455. The maximum absolute atomic E-state index is 13.1. The molecular formula is C11H10F6N2O3. The van der Waals surface area contributed by atoms with Crippen molar-refractivity contribution in [2.24, 2.45) is 5.73 Å². The number of nitrogens with zero attached hydrogens (tertiary/aromatic N) is 1. The first-order valence-electron chi connectivity index (χ1n) is 5.73. The molecule has 5 nitrogen and oxygen atoms in total. The number of halogens is 6. The largest absolute Gasteiger partial charge is 0.573 e. The molecule has 1 rings (SSSR count). The van der Waals surface area contributed by atoms with Crippen LogP contribution in [0.15, 0.2) is 6.20 Å². The van der Waals surface area contributed by atoms with Gasteiger partial charge in [-0.15, -0.1) is 13.2 Å². The minimum atomic E-state index is -5.42. The van der Waals surface area contributed by atoms with Crippen LogP contribution in [0.3, 0.4) is 0 Å². The van der Waals surface area contributed by atoms with Crippen LogP contribution in [0.4, 0.5) is 26.3 Å². The number of ether oxygens (including phenoxy) is 2. The third kappa shape index (κ3) is 4.23.